The van der Waals surface area contributed by atoms with Crippen molar-refractivity contribution in [1.82, 2.24) is 5.32 Å². The molecule has 9 atom stereocenters. The lowest BCUT2D eigenvalue weighted by atomic mass is 9.53. The smallest absolute Gasteiger partial charge is 0.335 e. The van der Waals surface area contributed by atoms with Crippen molar-refractivity contribution in [3.05, 3.63) is 11.6 Å². The molecule has 0 bridgehead atoms. The summed E-state index contributed by atoms with van der Waals surface area (Å²) in [6.07, 6.45) is 5.57. The molecule has 1 amide bonds. The molecule has 0 aromatic heterocycles. The van der Waals surface area contributed by atoms with Crippen molar-refractivity contribution in [3.8, 4) is 0 Å². The van der Waals surface area contributed by atoms with E-state index >= 15 is 0 Å². The van der Waals surface area contributed by atoms with Crippen molar-refractivity contribution in [1.29, 1.82) is 0 Å². The normalized spacial score (nSPS) is 39.8. The first-order valence-corrected chi connectivity index (χ1v) is 11.8. The molecule has 0 radical (unpaired) electrons. The molecular formula is C25H37NO6. The molecule has 32 heavy (non-hydrogen) atoms. The van der Waals surface area contributed by atoms with Gasteiger partial charge in [-0.3, -0.25) is 14.4 Å². The molecule has 1 saturated heterocycles. The van der Waals surface area contributed by atoms with Crippen LogP contribution in [0.25, 0.3) is 0 Å². The molecule has 3 rings (SSSR count). The van der Waals surface area contributed by atoms with Gasteiger partial charge in [-0.25, -0.2) is 4.79 Å². The van der Waals surface area contributed by atoms with Gasteiger partial charge in [-0.05, 0) is 76.0 Å². The standard InChI is InChI=1S/C25H37NO6/c1-6-13(3)16-8-7-15-10-12(2)9-14(4)18(15)19(16)22(28)20-21(27)17(26-23(20)29)11-25(5,32)24(30)31/h6,12,14-20,32H,7-11H2,1-5H3,(H,26,29)(H,30,31)/b13-6+/t12-,14+,15-,16+,17-,18-,19-,20?,25+/m1/s1. The van der Waals surface area contributed by atoms with Gasteiger partial charge in [0, 0.05) is 12.3 Å². The summed E-state index contributed by atoms with van der Waals surface area (Å²) in [4.78, 5) is 51.1. The minimum absolute atomic E-state index is 0.00591. The zero-order valence-corrected chi connectivity index (χ0v) is 19.8. The van der Waals surface area contributed by atoms with Crippen molar-refractivity contribution in [2.75, 3.05) is 0 Å². The van der Waals surface area contributed by atoms with E-state index in [0.717, 1.165) is 38.2 Å². The van der Waals surface area contributed by atoms with Crippen LogP contribution in [0.4, 0.5) is 0 Å². The lowest BCUT2D eigenvalue weighted by Crippen LogP contribution is -2.49. The molecule has 7 heteroatoms. The maximum atomic E-state index is 13.9. The van der Waals surface area contributed by atoms with Gasteiger partial charge in [-0.2, -0.15) is 0 Å². The summed E-state index contributed by atoms with van der Waals surface area (Å²) in [5.74, 6) is -3.43. The zero-order valence-electron chi connectivity index (χ0n) is 19.8. The van der Waals surface area contributed by atoms with E-state index in [2.05, 4.69) is 19.2 Å². The minimum Gasteiger partial charge on any atom is -0.479 e. The van der Waals surface area contributed by atoms with Gasteiger partial charge >= 0.3 is 5.97 Å². The number of amides is 1. The number of nitrogens with one attached hydrogen (secondary N) is 1. The third-order valence-corrected chi connectivity index (χ3v) is 8.30. The van der Waals surface area contributed by atoms with E-state index in [1.165, 1.54) is 0 Å². The summed E-state index contributed by atoms with van der Waals surface area (Å²) in [5, 5.41) is 21.8. The van der Waals surface area contributed by atoms with Crippen LogP contribution in [-0.2, 0) is 19.2 Å². The fourth-order valence-corrected chi connectivity index (χ4v) is 6.69. The summed E-state index contributed by atoms with van der Waals surface area (Å²) < 4.78 is 0. The third kappa shape index (κ3) is 4.41. The molecule has 3 N–H and O–H groups in total. The van der Waals surface area contributed by atoms with Crippen LogP contribution in [0, 0.1) is 41.4 Å². The number of hydrogen-bond acceptors (Lipinski definition) is 5. The number of carboxylic acid groups (broad SMARTS) is 1. The summed E-state index contributed by atoms with van der Waals surface area (Å²) in [6.45, 7) is 9.49. The van der Waals surface area contributed by atoms with Gasteiger partial charge in [0.15, 0.2) is 23.1 Å². The molecule has 1 aliphatic heterocycles. The maximum absolute atomic E-state index is 13.9. The molecule has 3 fully saturated rings. The SMILES string of the molecule is C/C=C(\C)[C@@H]1CC[C@@H]2C[C@H](C)C[C@H](C)[C@H]2[C@@H]1C(=O)C1C(=O)N[C@H](C[C@](C)(O)C(=O)O)C1=O. The van der Waals surface area contributed by atoms with Gasteiger partial charge in [0.1, 0.15) is 0 Å². The van der Waals surface area contributed by atoms with E-state index in [9.17, 15) is 29.4 Å². The first-order chi connectivity index (χ1) is 14.9. The number of carbonyl (C=O) groups excluding carboxylic acids is 3. The fourth-order valence-electron chi connectivity index (χ4n) is 6.69. The van der Waals surface area contributed by atoms with Crippen LogP contribution in [0.3, 0.4) is 0 Å². The number of rotatable bonds is 6. The molecule has 178 valence electrons. The quantitative estimate of drug-likeness (QED) is 0.425. The van der Waals surface area contributed by atoms with Crippen LogP contribution in [0.2, 0.25) is 0 Å². The largest absolute Gasteiger partial charge is 0.479 e. The van der Waals surface area contributed by atoms with E-state index in [4.69, 9.17) is 0 Å². The Bertz CT molecular complexity index is 830. The predicted molar refractivity (Wildman–Crippen MR) is 118 cm³/mol. The van der Waals surface area contributed by atoms with E-state index in [1.54, 1.807) is 0 Å². The maximum Gasteiger partial charge on any atom is 0.335 e. The summed E-state index contributed by atoms with van der Waals surface area (Å²) >= 11 is 0. The third-order valence-electron chi connectivity index (χ3n) is 8.30. The molecule has 0 spiro atoms. The number of aliphatic hydroxyl groups is 1. The minimum atomic E-state index is -2.17. The van der Waals surface area contributed by atoms with Crippen molar-refractivity contribution in [3.63, 3.8) is 0 Å². The average Bonchev–Trinajstić information content (AvgIpc) is 2.98. The Labute approximate surface area is 190 Å². The van der Waals surface area contributed by atoms with Crippen LogP contribution in [0.15, 0.2) is 11.6 Å². The Balaban J connectivity index is 1.92. The number of aliphatic carboxylic acids is 1. The predicted octanol–water partition coefficient (Wildman–Crippen LogP) is 2.76. The highest BCUT2D eigenvalue weighted by Gasteiger charge is 2.55. The van der Waals surface area contributed by atoms with Crippen LogP contribution in [0.1, 0.15) is 66.7 Å². The highest BCUT2D eigenvalue weighted by molar-refractivity contribution is 6.25. The fraction of sp³-hybridized carbons (Fsp3) is 0.760. The average molecular weight is 448 g/mol. The first kappa shape index (κ1) is 24.6. The number of carboxylic acids is 1. The van der Waals surface area contributed by atoms with Crippen molar-refractivity contribution in [2.45, 2.75) is 78.4 Å². The summed E-state index contributed by atoms with van der Waals surface area (Å²) in [6, 6.07) is -1.17. The van der Waals surface area contributed by atoms with Gasteiger partial charge in [0.2, 0.25) is 5.91 Å². The second-order valence-corrected chi connectivity index (χ2v) is 10.7. The van der Waals surface area contributed by atoms with Gasteiger partial charge in [-0.15, -0.1) is 0 Å². The summed E-state index contributed by atoms with van der Waals surface area (Å²) in [5.41, 5.74) is -1.05. The van der Waals surface area contributed by atoms with Crippen LogP contribution in [-0.4, -0.2) is 45.3 Å². The first-order valence-electron chi connectivity index (χ1n) is 11.8. The zero-order chi connectivity index (χ0) is 24.0. The topological polar surface area (TPSA) is 121 Å². The van der Waals surface area contributed by atoms with Crippen molar-refractivity contribution in [2.24, 2.45) is 41.4 Å². The Morgan fingerprint density at radius 3 is 2.44 bits per heavy atom. The second-order valence-electron chi connectivity index (χ2n) is 10.7. The monoisotopic (exact) mass is 447 g/mol. The molecular weight excluding hydrogens is 410 g/mol. The van der Waals surface area contributed by atoms with Crippen molar-refractivity contribution < 1.29 is 29.4 Å². The molecule has 2 saturated carbocycles. The Morgan fingerprint density at radius 2 is 1.84 bits per heavy atom. The molecule has 0 aromatic rings. The molecule has 0 aromatic carbocycles. The molecule has 1 heterocycles. The van der Waals surface area contributed by atoms with Crippen LogP contribution >= 0.6 is 0 Å². The Kier molecular flexibility index (Phi) is 6.99. The van der Waals surface area contributed by atoms with Gasteiger partial charge in [0.05, 0.1) is 6.04 Å². The molecule has 7 nitrogen and oxygen atoms in total. The lowest BCUT2D eigenvalue weighted by Gasteiger charge is -2.50. The molecule has 3 aliphatic rings. The van der Waals surface area contributed by atoms with E-state index in [1.807, 2.05) is 19.9 Å². The van der Waals surface area contributed by atoms with Gasteiger partial charge in [-0.1, -0.05) is 25.5 Å². The number of Topliss-reactive ketones (excluding diaryl/α,β-unsaturated/α-hetero) is 2. The highest BCUT2D eigenvalue weighted by atomic mass is 16.4. The van der Waals surface area contributed by atoms with Crippen molar-refractivity contribution >= 4 is 23.4 Å². The number of fused-ring (bicyclic) bond motifs is 1. The number of ketones is 2. The van der Waals surface area contributed by atoms with E-state index < -0.39 is 47.6 Å². The number of allylic oxidation sites excluding steroid dienone is 2. The Hall–Kier alpha value is -2.02. The van der Waals surface area contributed by atoms with Gasteiger partial charge < -0.3 is 15.5 Å². The summed E-state index contributed by atoms with van der Waals surface area (Å²) in [7, 11) is 0. The number of carbonyl (C=O) groups is 4. The van der Waals surface area contributed by atoms with E-state index in [0.29, 0.717) is 17.8 Å². The van der Waals surface area contributed by atoms with Crippen LogP contribution in [0.5, 0.6) is 0 Å². The molecule has 2 aliphatic carbocycles. The Morgan fingerprint density at radius 1 is 1.19 bits per heavy atom. The second kappa shape index (κ2) is 9.08. The highest BCUT2D eigenvalue weighted by Crippen LogP contribution is 2.53. The lowest BCUT2D eigenvalue weighted by molar-refractivity contribution is -0.158. The van der Waals surface area contributed by atoms with Crippen LogP contribution < -0.4 is 5.32 Å². The van der Waals surface area contributed by atoms with Gasteiger partial charge in [0.25, 0.3) is 0 Å². The number of hydrogen-bond donors (Lipinski definition) is 3. The van der Waals surface area contributed by atoms with E-state index in [-0.39, 0.29) is 17.6 Å². The molecule has 1 unspecified atom stereocenters.